The first-order chi connectivity index (χ1) is 14.1. The number of benzene rings is 1. The Kier molecular flexibility index (Phi) is 12.4. The number of methoxy groups -OCH3 is 1. The summed E-state index contributed by atoms with van der Waals surface area (Å²) in [6.07, 6.45) is 12.3. The maximum absolute atomic E-state index is 12.0. The van der Waals surface area contributed by atoms with Crippen LogP contribution >= 0.6 is 0 Å². The Balaban J connectivity index is 0.00000450. The van der Waals surface area contributed by atoms with Crippen molar-refractivity contribution in [2.45, 2.75) is 52.0 Å². The van der Waals surface area contributed by atoms with Gasteiger partial charge in [0.2, 0.25) is 6.54 Å². The molecule has 0 bridgehead atoms. The van der Waals surface area contributed by atoms with Crippen molar-refractivity contribution in [1.82, 2.24) is 0 Å². The molecule has 0 unspecified atom stereocenters. The van der Waals surface area contributed by atoms with Gasteiger partial charge in [0.1, 0.15) is 5.69 Å². The molecule has 0 amide bonds. The van der Waals surface area contributed by atoms with Gasteiger partial charge in [-0.05, 0) is 36.2 Å². The highest BCUT2D eigenvalue weighted by Crippen LogP contribution is 2.25. The zero-order chi connectivity index (χ0) is 20.9. The Bertz CT molecular complexity index is 812. The van der Waals surface area contributed by atoms with Crippen molar-refractivity contribution in [3.05, 3.63) is 48.3 Å². The summed E-state index contributed by atoms with van der Waals surface area (Å²) in [5, 5.41) is 9.65. The maximum Gasteiger partial charge on any atom is 0.372 e. The van der Waals surface area contributed by atoms with Crippen molar-refractivity contribution in [2.24, 2.45) is 4.99 Å². The molecule has 0 spiro atoms. The molecule has 0 aliphatic rings. The lowest BCUT2D eigenvalue weighted by Gasteiger charge is -2.04. The van der Waals surface area contributed by atoms with Crippen LogP contribution in [0, 0.1) is 0 Å². The number of phenolic OH excluding ortho intramolecular Hbond substituents is 1. The van der Waals surface area contributed by atoms with Gasteiger partial charge in [-0.25, -0.2) is 9.79 Å². The van der Waals surface area contributed by atoms with Gasteiger partial charge in [0.25, 0.3) is 0 Å². The van der Waals surface area contributed by atoms with E-state index in [1.165, 1.54) is 32.8 Å². The zero-order valence-corrected chi connectivity index (χ0v) is 19.3. The van der Waals surface area contributed by atoms with E-state index >= 15 is 0 Å². The van der Waals surface area contributed by atoms with Crippen LogP contribution in [-0.2, 0) is 16.1 Å². The second kappa shape index (κ2) is 14.6. The zero-order valence-electron chi connectivity index (χ0n) is 17.7. The van der Waals surface area contributed by atoms with Crippen LogP contribution in [0.15, 0.2) is 47.7 Å². The monoisotopic (exact) mass is 478 g/mol. The van der Waals surface area contributed by atoms with Crippen LogP contribution in [0.25, 0.3) is 0 Å². The number of esters is 1. The fraction of sp³-hybridized carbons (Fsp3) is 0.435. The van der Waals surface area contributed by atoms with Gasteiger partial charge in [-0.2, -0.15) is 4.57 Å². The Morgan fingerprint density at radius 3 is 2.70 bits per heavy atom. The molecular weight excluding hydrogens is 448 g/mol. The van der Waals surface area contributed by atoms with E-state index < -0.39 is 0 Å². The lowest BCUT2D eigenvalue weighted by atomic mass is 10.1. The third kappa shape index (κ3) is 9.39. The van der Waals surface area contributed by atoms with E-state index in [-0.39, 0.29) is 35.2 Å². The van der Waals surface area contributed by atoms with Crippen LogP contribution in [0.1, 0.15) is 51.0 Å². The van der Waals surface area contributed by atoms with E-state index in [0.29, 0.717) is 18.0 Å². The number of carbonyl (C=O) groups excluding carboxylic acids is 1. The van der Waals surface area contributed by atoms with Crippen LogP contribution in [-0.4, -0.2) is 31.0 Å². The lowest BCUT2D eigenvalue weighted by Crippen LogP contribution is -3.00. The molecule has 7 heteroatoms. The number of aromatic hydroxyl groups is 1. The van der Waals surface area contributed by atoms with E-state index in [9.17, 15) is 9.90 Å². The van der Waals surface area contributed by atoms with Crippen LogP contribution in [0.3, 0.4) is 0 Å². The molecule has 1 N–H and O–H groups in total. The summed E-state index contributed by atoms with van der Waals surface area (Å²) in [6, 6.07) is 8.70. The number of aliphatic imine (C=N–C) groups is 1. The number of rotatable bonds is 12. The standard InChI is InChI=1S/C23H30N2O4.BrH/c1-3-4-5-6-7-8-14-29-23(27)18-25-13-9-10-20(17-25)24-16-19-11-12-21(26)22(15-19)28-2;/h9-13,15-17H,3-8,14,18H2,1-2H3;1H. The molecule has 0 aliphatic heterocycles. The first kappa shape index (κ1) is 25.6. The lowest BCUT2D eigenvalue weighted by molar-refractivity contribution is -0.685. The molecule has 1 aromatic carbocycles. The highest BCUT2D eigenvalue weighted by Gasteiger charge is 2.11. The highest BCUT2D eigenvalue weighted by molar-refractivity contribution is 5.82. The number of hydrogen-bond acceptors (Lipinski definition) is 5. The van der Waals surface area contributed by atoms with E-state index in [1.54, 1.807) is 35.2 Å². The van der Waals surface area contributed by atoms with Gasteiger partial charge in [0.15, 0.2) is 23.9 Å². The van der Waals surface area contributed by atoms with Crippen LogP contribution < -0.4 is 26.3 Å². The van der Waals surface area contributed by atoms with Crippen molar-refractivity contribution in [1.29, 1.82) is 0 Å². The molecule has 2 aromatic rings. The predicted molar refractivity (Wildman–Crippen MR) is 113 cm³/mol. The van der Waals surface area contributed by atoms with E-state index in [2.05, 4.69) is 11.9 Å². The molecule has 0 aliphatic carbocycles. The number of nitrogens with zero attached hydrogens (tertiary/aromatic N) is 2. The average Bonchev–Trinajstić information content (AvgIpc) is 2.73. The molecule has 0 saturated carbocycles. The summed E-state index contributed by atoms with van der Waals surface area (Å²) in [5.74, 6) is 0.236. The molecule has 0 saturated heterocycles. The fourth-order valence-electron chi connectivity index (χ4n) is 2.87. The van der Waals surface area contributed by atoms with Gasteiger partial charge in [-0.3, -0.25) is 0 Å². The number of halogens is 1. The van der Waals surface area contributed by atoms with Gasteiger partial charge in [0, 0.05) is 12.3 Å². The summed E-state index contributed by atoms with van der Waals surface area (Å²) in [4.78, 5) is 16.4. The quantitative estimate of drug-likeness (QED) is 0.216. The minimum Gasteiger partial charge on any atom is -1.00 e. The molecular formula is C23H31BrN2O4. The maximum atomic E-state index is 12.0. The van der Waals surface area contributed by atoms with Crippen molar-refractivity contribution in [3.8, 4) is 11.5 Å². The Hall–Kier alpha value is -2.41. The molecule has 2 rings (SSSR count). The Labute approximate surface area is 189 Å². The molecule has 1 heterocycles. The van der Waals surface area contributed by atoms with E-state index in [1.807, 2.05) is 18.3 Å². The summed E-state index contributed by atoms with van der Waals surface area (Å²) in [7, 11) is 1.50. The largest absolute Gasteiger partial charge is 1.00 e. The molecule has 0 atom stereocenters. The summed E-state index contributed by atoms with van der Waals surface area (Å²) < 4.78 is 12.2. The normalized spacial score (nSPS) is 10.6. The number of carbonyl (C=O) groups is 1. The van der Waals surface area contributed by atoms with Gasteiger partial charge < -0.3 is 31.6 Å². The number of ether oxygens (including phenoxy) is 2. The topological polar surface area (TPSA) is 72.0 Å². The fourth-order valence-corrected chi connectivity index (χ4v) is 2.87. The second-order valence-corrected chi connectivity index (χ2v) is 6.91. The molecule has 0 radical (unpaired) electrons. The third-order valence-corrected chi connectivity index (χ3v) is 4.48. The number of unbranched alkanes of at least 4 members (excludes halogenated alkanes) is 5. The summed E-state index contributed by atoms with van der Waals surface area (Å²) >= 11 is 0. The van der Waals surface area contributed by atoms with Gasteiger partial charge in [-0.1, -0.05) is 39.0 Å². The minimum absolute atomic E-state index is 0. The van der Waals surface area contributed by atoms with Crippen LogP contribution in [0.4, 0.5) is 5.69 Å². The Morgan fingerprint density at radius 2 is 1.93 bits per heavy atom. The van der Waals surface area contributed by atoms with Crippen LogP contribution in [0.2, 0.25) is 0 Å². The molecule has 6 nitrogen and oxygen atoms in total. The van der Waals surface area contributed by atoms with Crippen molar-refractivity contribution in [2.75, 3.05) is 13.7 Å². The average molecular weight is 479 g/mol. The third-order valence-electron chi connectivity index (χ3n) is 4.48. The van der Waals surface area contributed by atoms with Crippen molar-refractivity contribution in [3.63, 3.8) is 0 Å². The number of pyridine rings is 1. The van der Waals surface area contributed by atoms with Crippen LogP contribution in [0.5, 0.6) is 11.5 Å². The second-order valence-electron chi connectivity index (χ2n) is 6.91. The molecule has 30 heavy (non-hydrogen) atoms. The smallest absolute Gasteiger partial charge is 0.372 e. The minimum atomic E-state index is -0.243. The summed E-state index contributed by atoms with van der Waals surface area (Å²) in [5.41, 5.74) is 1.51. The molecule has 1 aromatic heterocycles. The highest BCUT2D eigenvalue weighted by atomic mass is 79.9. The first-order valence-electron chi connectivity index (χ1n) is 10.2. The first-order valence-corrected chi connectivity index (χ1v) is 10.2. The Morgan fingerprint density at radius 1 is 1.17 bits per heavy atom. The number of hydrogen-bond donors (Lipinski definition) is 1. The number of aromatic nitrogens is 1. The molecule has 164 valence electrons. The van der Waals surface area contributed by atoms with Crippen molar-refractivity contribution < 1.29 is 40.9 Å². The van der Waals surface area contributed by atoms with E-state index in [4.69, 9.17) is 9.47 Å². The van der Waals surface area contributed by atoms with E-state index in [0.717, 1.165) is 18.4 Å². The van der Waals surface area contributed by atoms with Gasteiger partial charge in [-0.15, -0.1) is 0 Å². The van der Waals surface area contributed by atoms with Gasteiger partial charge >= 0.3 is 5.97 Å². The predicted octanol–water partition coefficient (Wildman–Crippen LogP) is 1.35. The SMILES string of the molecule is CCCCCCCCOC(=O)C[n+]1cccc(N=Cc2ccc(O)c(OC)c2)c1.[Br-]. The molecule has 0 fully saturated rings. The van der Waals surface area contributed by atoms with Gasteiger partial charge in [0.05, 0.1) is 13.7 Å². The summed E-state index contributed by atoms with van der Waals surface area (Å²) in [6.45, 7) is 2.84. The number of phenols is 1. The van der Waals surface area contributed by atoms with Crippen molar-refractivity contribution >= 4 is 17.9 Å².